The molecule has 0 saturated carbocycles. The molecule has 1 aliphatic rings. The minimum atomic E-state index is -1.28. The van der Waals surface area contributed by atoms with Gasteiger partial charge in [-0.2, -0.15) is 9.97 Å². The van der Waals surface area contributed by atoms with E-state index in [-0.39, 0.29) is 23.2 Å². The van der Waals surface area contributed by atoms with E-state index in [0.717, 1.165) is 5.56 Å². The molecule has 29 heavy (non-hydrogen) atoms. The fraction of sp³-hybridized carbons (Fsp3) is 0.389. The first-order valence-corrected chi connectivity index (χ1v) is 9.31. The normalized spacial score (nSPS) is 24.3. The average Bonchev–Trinajstić information content (AvgIpc) is 3.23. The molecular weight excluding hydrogens is 402 g/mol. The molecule has 3 aromatic rings. The summed E-state index contributed by atoms with van der Waals surface area (Å²) < 4.78 is 6.97. The maximum atomic E-state index is 10.3. The van der Waals surface area contributed by atoms with Crippen molar-refractivity contribution in [1.82, 2.24) is 19.5 Å². The van der Waals surface area contributed by atoms with Crippen LogP contribution in [-0.4, -0.2) is 64.9 Å². The highest BCUT2D eigenvalue weighted by Gasteiger charge is 2.44. The second kappa shape index (κ2) is 7.73. The Morgan fingerprint density at radius 2 is 2.03 bits per heavy atom. The molecule has 0 aliphatic carbocycles. The third-order valence-electron chi connectivity index (χ3n) is 4.87. The third kappa shape index (κ3) is 3.61. The first kappa shape index (κ1) is 19.8. The number of imidazole rings is 1. The SMILES string of the molecule is Cc1ccc(O)c(CNc2nc(Cl)nc3c2ncn3[C@@H]2O[C@H](CO)[C@@H](O)[C@H]2O)c1. The van der Waals surface area contributed by atoms with Gasteiger partial charge in [-0.15, -0.1) is 0 Å². The van der Waals surface area contributed by atoms with Crippen molar-refractivity contribution in [2.45, 2.75) is 38.0 Å². The molecule has 4 rings (SSSR count). The molecule has 0 amide bonds. The molecule has 4 atom stereocenters. The molecule has 11 heteroatoms. The van der Waals surface area contributed by atoms with E-state index in [1.165, 1.54) is 10.9 Å². The zero-order valence-corrected chi connectivity index (χ0v) is 16.2. The van der Waals surface area contributed by atoms with E-state index in [1.54, 1.807) is 12.1 Å². The molecule has 2 aromatic heterocycles. The van der Waals surface area contributed by atoms with Crippen LogP contribution in [0.1, 0.15) is 17.4 Å². The van der Waals surface area contributed by atoms with Crippen LogP contribution in [0.4, 0.5) is 5.82 Å². The van der Waals surface area contributed by atoms with Crippen LogP contribution in [0.5, 0.6) is 5.75 Å². The number of halogens is 1. The van der Waals surface area contributed by atoms with Gasteiger partial charge in [-0.3, -0.25) is 4.57 Å². The van der Waals surface area contributed by atoms with E-state index >= 15 is 0 Å². The van der Waals surface area contributed by atoms with Gasteiger partial charge in [0.15, 0.2) is 23.2 Å². The van der Waals surface area contributed by atoms with Crippen LogP contribution in [-0.2, 0) is 11.3 Å². The first-order valence-electron chi connectivity index (χ1n) is 8.94. The van der Waals surface area contributed by atoms with Crippen molar-refractivity contribution in [2.75, 3.05) is 11.9 Å². The molecule has 5 N–H and O–H groups in total. The van der Waals surface area contributed by atoms with Crippen molar-refractivity contribution < 1.29 is 25.2 Å². The number of phenols is 1. The van der Waals surface area contributed by atoms with Crippen molar-refractivity contribution in [2.24, 2.45) is 0 Å². The number of nitrogens with one attached hydrogen (secondary N) is 1. The number of rotatable bonds is 5. The average molecular weight is 422 g/mol. The Kier molecular flexibility index (Phi) is 5.28. The number of aromatic nitrogens is 4. The number of fused-ring (bicyclic) bond motifs is 1. The summed E-state index contributed by atoms with van der Waals surface area (Å²) in [5, 5.41) is 42.6. The third-order valence-corrected chi connectivity index (χ3v) is 5.04. The van der Waals surface area contributed by atoms with Gasteiger partial charge in [-0.25, -0.2) is 4.98 Å². The van der Waals surface area contributed by atoms with E-state index in [2.05, 4.69) is 20.3 Å². The van der Waals surface area contributed by atoms with Gasteiger partial charge in [0, 0.05) is 12.1 Å². The zero-order valence-electron chi connectivity index (χ0n) is 15.4. The second-order valence-electron chi connectivity index (χ2n) is 6.88. The summed E-state index contributed by atoms with van der Waals surface area (Å²) in [6, 6.07) is 5.27. The lowest BCUT2D eigenvalue weighted by Crippen LogP contribution is -2.33. The van der Waals surface area contributed by atoms with Gasteiger partial charge in [0.05, 0.1) is 12.9 Å². The first-order chi connectivity index (χ1) is 13.9. The Morgan fingerprint density at radius 3 is 2.76 bits per heavy atom. The van der Waals surface area contributed by atoms with Crippen molar-refractivity contribution in [3.05, 3.63) is 40.9 Å². The van der Waals surface area contributed by atoms with Crippen LogP contribution in [0.15, 0.2) is 24.5 Å². The Labute approximate surface area is 170 Å². The molecule has 0 spiro atoms. The Morgan fingerprint density at radius 1 is 1.24 bits per heavy atom. The van der Waals surface area contributed by atoms with Gasteiger partial charge in [0.25, 0.3) is 0 Å². The number of aliphatic hydroxyl groups is 3. The quantitative estimate of drug-likeness (QED) is 0.376. The minimum absolute atomic E-state index is 0.0537. The summed E-state index contributed by atoms with van der Waals surface area (Å²) in [6.45, 7) is 1.76. The lowest BCUT2D eigenvalue weighted by Gasteiger charge is -2.16. The van der Waals surface area contributed by atoms with Crippen molar-refractivity contribution >= 4 is 28.6 Å². The number of aryl methyl sites for hydroxylation is 1. The number of nitrogens with zero attached hydrogens (tertiary/aromatic N) is 4. The Bertz CT molecular complexity index is 1040. The minimum Gasteiger partial charge on any atom is -0.508 e. The molecule has 154 valence electrons. The van der Waals surface area contributed by atoms with E-state index in [4.69, 9.17) is 16.3 Å². The maximum Gasteiger partial charge on any atom is 0.226 e. The van der Waals surface area contributed by atoms with Gasteiger partial charge in [-0.1, -0.05) is 17.7 Å². The highest BCUT2D eigenvalue weighted by molar-refractivity contribution is 6.28. The number of hydrogen-bond acceptors (Lipinski definition) is 9. The number of phenolic OH excluding ortho intramolecular Hbond substituents is 1. The van der Waals surface area contributed by atoms with Crippen LogP contribution >= 0.6 is 11.6 Å². The van der Waals surface area contributed by atoms with Gasteiger partial charge >= 0.3 is 0 Å². The predicted octanol–water partition coefficient (Wildman–Crippen LogP) is 0.717. The van der Waals surface area contributed by atoms with Crippen LogP contribution in [0, 0.1) is 6.92 Å². The van der Waals surface area contributed by atoms with Gasteiger partial charge in [0.1, 0.15) is 24.1 Å². The van der Waals surface area contributed by atoms with Gasteiger partial charge in [-0.05, 0) is 24.6 Å². The second-order valence-corrected chi connectivity index (χ2v) is 7.22. The van der Waals surface area contributed by atoms with Crippen molar-refractivity contribution in [3.8, 4) is 5.75 Å². The van der Waals surface area contributed by atoms with E-state index in [9.17, 15) is 20.4 Å². The number of anilines is 1. The molecule has 3 heterocycles. The maximum absolute atomic E-state index is 10.3. The van der Waals surface area contributed by atoms with E-state index < -0.39 is 31.1 Å². The van der Waals surface area contributed by atoms with Crippen LogP contribution < -0.4 is 5.32 Å². The highest BCUT2D eigenvalue weighted by atomic mass is 35.5. The fourth-order valence-corrected chi connectivity index (χ4v) is 3.51. The van der Waals surface area contributed by atoms with Crippen LogP contribution in [0.3, 0.4) is 0 Å². The molecular formula is C18H20ClN5O5. The lowest BCUT2D eigenvalue weighted by molar-refractivity contribution is -0.0511. The Balaban J connectivity index is 1.66. The van der Waals surface area contributed by atoms with Crippen LogP contribution in [0.2, 0.25) is 5.28 Å². The largest absolute Gasteiger partial charge is 0.508 e. The molecule has 1 aromatic carbocycles. The predicted molar refractivity (Wildman–Crippen MR) is 104 cm³/mol. The summed E-state index contributed by atoms with van der Waals surface area (Å²) in [4.78, 5) is 12.6. The monoisotopic (exact) mass is 421 g/mol. The van der Waals surface area contributed by atoms with E-state index in [0.29, 0.717) is 16.9 Å². The summed E-state index contributed by atoms with van der Waals surface area (Å²) in [6.07, 6.45) is -3.05. The van der Waals surface area contributed by atoms with Crippen LogP contribution in [0.25, 0.3) is 11.2 Å². The number of ether oxygens (including phenoxy) is 1. The number of hydrogen-bond donors (Lipinski definition) is 5. The van der Waals surface area contributed by atoms with Gasteiger partial charge in [0.2, 0.25) is 5.28 Å². The fourth-order valence-electron chi connectivity index (χ4n) is 3.34. The summed E-state index contributed by atoms with van der Waals surface area (Å²) in [7, 11) is 0. The standard InChI is InChI=1S/C18H20ClN5O5/c1-8-2-3-10(26)9(4-8)5-20-15-12-16(23-18(19)22-15)24(7-21-12)17-14(28)13(27)11(6-25)29-17/h2-4,7,11,13-14,17,25-28H,5-6H2,1H3,(H,20,22,23)/t11-,13-,14-,17-/m1/s1. The Hall–Kier alpha value is -2.50. The lowest BCUT2D eigenvalue weighted by atomic mass is 10.1. The molecule has 10 nitrogen and oxygen atoms in total. The molecule has 1 fully saturated rings. The summed E-state index contributed by atoms with van der Waals surface area (Å²) in [5.74, 6) is 0.489. The number of aliphatic hydroxyl groups excluding tert-OH is 3. The smallest absolute Gasteiger partial charge is 0.226 e. The highest BCUT2D eigenvalue weighted by Crippen LogP contribution is 2.33. The summed E-state index contributed by atoms with van der Waals surface area (Å²) in [5.41, 5.74) is 2.34. The van der Waals surface area contributed by atoms with E-state index in [1.807, 2.05) is 13.0 Å². The topological polar surface area (TPSA) is 146 Å². The molecule has 0 radical (unpaired) electrons. The number of aromatic hydroxyl groups is 1. The van der Waals surface area contributed by atoms with Gasteiger partial charge < -0.3 is 30.5 Å². The van der Waals surface area contributed by atoms with Crippen molar-refractivity contribution in [1.29, 1.82) is 0 Å². The molecule has 1 saturated heterocycles. The molecule has 0 unspecified atom stereocenters. The zero-order chi connectivity index (χ0) is 20.7. The number of benzene rings is 1. The summed E-state index contributed by atoms with van der Waals surface area (Å²) >= 11 is 6.07. The molecule has 0 bridgehead atoms. The van der Waals surface area contributed by atoms with Crippen molar-refractivity contribution in [3.63, 3.8) is 0 Å². The molecule has 1 aliphatic heterocycles.